The standard InChI is InChI=1S/C19H26N4/c1-14-7-5-11-20-16(14)13-23-12-6-10-18(23)19-21-15-8-3-4-9-17(15)22(19)2/h5,7,11,18H,3-4,6,8-10,12-13H2,1-2H3/t18-/m0/s1. The maximum absolute atomic E-state index is 5.05. The van der Waals surface area contributed by atoms with E-state index in [0.717, 1.165) is 19.5 Å². The van der Waals surface area contributed by atoms with Gasteiger partial charge in [0.2, 0.25) is 0 Å². The number of hydrogen-bond acceptors (Lipinski definition) is 3. The molecule has 1 aliphatic carbocycles. The fourth-order valence-corrected chi connectivity index (χ4v) is 4.19. The molecule has 1 saturated heterocycles. The van der Waals surface area contributed by atoms with Crippen LogP contribution >= 0.6 is 0 Å². The maximum atomic E-state index is 5.05. The van der Waals surface area contributed by atoms with Gasteiger partial charge in [0.25, 0.3) is 0 Å². The average Bonchev–Trinajstić information content (AvgIpc) is 3.14. The van der Waals surface area contributed by atoms with Crippen LogP contribution in [0, 0.1) is 6.92 Å². The zero-order valence-corrected chi connectivity index (χ0v) is 14.3. The molecule has 1 atom stereocenters. The van der Waals surface area contributed by atoms with Crippen molar-refractivity contribution < 1.29 is 0 Å². The van der Waals surface area contributed by atoms with Crippen molar-refractivity contribution in [3.63, 3.8) is 0 Å². The molecule has 0 saturated carbocycles. The maximum Gasteiger partial charge on any atom is 0.126 e. The van der Waals surface area contributed by atoms with E-state index >= 15 is 0 Å². The Morgan fingerprint density at radius 3 is 2.91 bits per heavy atom. The summed E-state index contributed by atoms with van der Waals surface area (Å²) in [6.07, 6.45) is 9.36. The third-order valence-corrected chi connectivity index (χ3v) is 5.54. The van der Waals surface area contributed by atoms with E-state index in [9.17, 15) is 0 Å². The molecule has 122 valence electrons. The molecule has 4 heteroatoms. The first kappa shape index (κ1) is 14.9. The second kappa shape index (κ2) is 6.08. The normalized spacial score (nSPS) is 21.6. The number of fused-ring (bicyclic) bond motifs is 1. The molecule has 0 radical (unpaired) electrons. The second-order valence-electron chi connectivity index (χ2n) is 7.03. The summed E-state index contributed by atoms with van der Waals surface area (Å²) in [7, 11) is 2.22. The number of aryl methyl sites for hydroxylation is 2. The molecular formula is C19H26N4. The molecule has 0 N–H and O–H groups in total. The third-order valence-electron chi connectivity index (χ3n) is 5.54. The summed E-state index contributed by atoms with van der Waals surface area (Å²) in [5.41, 5.74) is 5.33. The van der Waals surface area contributed by atoms with Crippen LogP contribution in [0.4, 0.5) is 0 Å². The fraction of sp³-hybridized carbons (Fsp3) is 0.579. The van der Waals surface area contributed by atoms with Crippen molar-refractivity contribution in [2.24, 2.45) is 7.05 Å². The van der Waals surface area contributed by atoms with Crippen molar-refractivity contribution in [2.75, 3.05) is 6.54 Å². The monoisotopic (exact) mass is 310 g/mol. The minimum Gasteiger partial charge on any atom is -0.334 e. The SMILES string of the molecule is Cc1cccnc1CN1CCC[C@H]1c1nc2c(n1C)CCCC2. The summed E-state index contributed by atoms with van der Waals surface area (Å²) < 4.78 is 2.39. The van der Waals surface area contributed by atoms with Crippen LogP contribution in [0.15, 0.2) is 18.3 Å². The Morgan fingerprint density at radius 1 is 1.22 bits per heavy atom. The van der Waals surface area contributed by atoms with Crippen LogP contribution in [-0.2, 0) is 26.4 Å². The molecule has 0 spiro atoms. The molecule has 4 rings (SSSR count). The molecular weight excluding hydrogens is 284 g/mol. The quantitative estimate of drug-likeness (QED) is 0.872. The molecule has 2 aliphatic rings. The smallest absolute Gasteiger partial charge is 0.126 e. The van der Waals surface area contributed by atoms with Crippen LogP contribution in [0.3, 0.4) is 0 Å². The number of aromatic nitrogens is 3. The highest BCUT2D eigenvalue weighted by Crippen LogP contribution is 2.34. The molecule has 0 amide bonds. The minimum absolute atomic E-state index is 0.451. The Hall–Kier alpha value is -1.68. The number of hydrogen-bond donors (Lipinski definition) is 0. The van der Waals surface area contributed by atoms with Gasteiger partial charge in [0.1, 0.15) is 5.82 Å². The minimum atomic E-state index is 0.451. The van der Waals surface area contributed by atoms with Crippen LogP contribution in [0.1, 0.15) is 60.2 Å². The van der Waals surface area contributed by atoms with Gasteiger partial charge < -0.3 is 4.57 Å². The van der Waals surface area contributed by atoms with Crippen LogP contribution in [0.5, 0.6) is 0 Å². The molecule has 0 unspecified atom stereocenters. The summed E-state index contributed by atoms with van der Waals surface area (Å²) in [5, 5.41) is 0. The van der Waals surface area contributed by atoms with Gasteiger partial charge in [-0.05, 0) is 63.6 Å². The van der Waals surface area contributed by atoms with E-state index in [1.807, 2.05) is 12.3 Å². The number of nitrogens with zero attached hydrogens (tertiary/aromatic N) is 4. The summed E-state index contributed by atoms with van der Waals surface area (Å²) >= 11 is 0. The first-order valence-electron chi connectivity index (χ1n) is 8.93. The lowest BCUT2D eigenvalue weighted by Gasteiger charge is -2.24. The van der Waals surface area contributed by atoms with Gasteiger partial charge in [-0.3, -0.25) is 9.88 Å². The summed E-state index contributed by atoms with van der Waals surface area (Å²) in [6, 6.07) is 4.63. The highest BCUT2D eigenvalue weighted by Gasteiger charge is 2.31. The van der Waals surface area contributed by atoms with Crippen LogP contribution in [0.25, 0.3) is 0 Å². The van der Waals surface area contributed by atoms with Gasteiger partial charge in [-0.25, -0.2) is 4.98 Å². The van der Waals surface area contributed by atoms with Gasteiger partial charge in [0.05, 0.1) is 17.4 Å². The van der Waals surface area contributed by atoms with Crippen molar-refractivity contribution in [1.82, 2.24) is 19.4 Å². The van der Waals surface area contributed by atoms with Crippen molar-refractivity contribution in [3.8, 4) is 0 Å². The second-order valence-corrected chi connectivity index (χ2v) is 7.03. The van der Waals surface area contributed by atoms with Gasteiger partial charge >= 0.3 is 0 Å². The van der Waals surface area contributed by atoms with E-state index in [4.69, 9.17) is 4.98 Å². The highest BCUT2D eigenvalue weighted by atomic mass is 15.2. The van der Waals surface area contributed by atoms with E-state index in [0.29, 0.717) is 6.04 Å². The lowest BCUT2D eigenvalue weighted by atomic mass is 10.0. The topological polar surface area (TPSA) is 34.0 Å². The summed E-state index contributed by atoms with van der Waals surface area (Å²) in [5.74, 6) is 1.28. The number of likely N-dealkylation sites (tertiary alicyclic amines) is 1. The molecule has 1 fully saturated rings. The van der Waals surface area contributed by atoms with E-state index in [-0.39, 0.29) is 0 Å². The van der Waals surface area contributed by atoms with Gasteiger partial charge in [-0.2, -0.15) is 0 Å². The largest absolute Gasteiger partial charge is 0.334 e. The lowest BCUT2D eigenvalue weighted by Crippen LogP contribution is -2.26. The predicted octanol–water partition coefficient (Wildman–Crippen LogP) is 3.34. The molecule has 4 nitrogen and oxygen atoms in total. The molecule has 0 aromatic carbocycles. The first-order valence-corrected chi connectivity index (χ1v) is 8.93. The average molecular weight is 310 g/mol. The van der Waals surface area contributed by atoms with Gasteiger partial charge in [-0.15, -0.1) is 0 Å². The van der Waals surface area contributed by atoms with Gasteiger partial charge in [0.15, 0.2) is 0 Å². The van der Waals surface area contributed by atoms with Crippen molar-refractivity contribution in [3.05, 3.63) is 46.8 Å². The Bertz CT molecular complexity index is 703. The van der Waals surface area contributed by atoms with E-state index in [1.165, 1.54) is 60.6 Å². The highest BCUT2D eigenvalue weighted by molar-refractivity contribution is 5.23. The number of imidazole rings is 1. The van der Waals surface area contributed by atoms with Crippen LogP contribution < -0.4 is 0 Å². The predicted molar refractivity (Wildman–Crippen MR) is 91.2 cm³/mol. The number of pyridine rings is 1. The zero-order chi connectivity index (χ0) is 15.8. The molecule has 23 heavy (non-hydrogen) atoms. The van der Waals surface area contributed by atoms with Crippen molar-refractivity contribution in [2.45, 2.75) is 58.0 Å². The Kier molecular flexibility index (Phi) is 3.93. The molecule has 1 aliphatic heterocycles. The van der Waals surface area contributed by atoms with Crippen LogP contribution in [-0.4, -0.2) is 26.0 Å². The van der Waals surface area contributed by atoms with Gasteiger partial charge in [0, 0.05) is 25.5 Å². The van der Waals surface area contributed by atoms with Crippen molar-refractivity contribution in [1.29, 1.82) is 0 Å². The zero-order valence-electron chi connectivity index (χ0n) is 14.3. The van der Waals surface area contributed by atoms with Crippen LogP contribution in [0.2, 0.25) is 0 Å². The number of rotatable bonds is 3. The summed E-state index contributed by atoms with van der Waals surface area (Å²) in [6.45, 7) is 4.25. The fourth-order valence-electron chi connectivity index (χ4n) is 4.19. The van der Waals surface area contributed by atoms with E-state index in [1.54, 1.807) is 0 Å². The Morgan fingerprint density at radius 2 is 2.09 bits per heavy atom. The molecule has 3 heterocycles. The summed E-state index contributed by atoms with van der Waals surface area (Å²) in [4.78, 5) is 12.2. The molecule has 2 aromatic heterocycles. The molecule has 2 aromatic rings. The van der Waals surface area contributed by atoms with E-state index < -0.39 is 0 Å². The van der Waals surface area contributed by atoms with Gasteiger partial charge in [-0.1, -0.05) is 6.07 Å². The van der Waals surface area contributed by atoms with E-state index in [2.05, 4.69) is 34.5 Å². The van der Waals surface area contributed by atoms with Crippen molar-refractivity contribution >= 4 is 0 Å². The Balaban J connectivity index is 1.61. The third kappa shape index (κ3) is 2.69. The Labute approximate surface area is 138 Å². The first-order chi connectivity index (χ1) is 11.2. The lowest BCUT2D eigenvalue weighted by molar-refractivity contribution is 0.233. The molecule has 0 bridgehead atoms.